The van der Waals surface area contributed by atoms with E-state index in [4.69, 9.17) is 4.74 Å². The number of anilines is 1. The molecule has 1 aliphatic carbocycles. The number of nitrogens with zero attached hydrogens (tertiary/aromatic N) is 2. The van der Waals surface area contributed by atoms with Crippen molar-refractivity contribution in [3.63, 3.8) is 0 Å². The zero-order chi connectivity index (χ0) is 12.4. The van der Waals surface area contributed by atoms with Gasteiger partial charge in [-0.3, -0.25) is 0 Å². The number of nitriles is 1. The Bertz CT molecular complexity index is 487. The molecule has 1 aliphatic heterocycles. The van der Waals surface area contributed by atoms with E-state index < -0.39 is 0 Å². The number of hydrogen-bond donors (Lipinski definition) is 1. The SMILES string of the molecule is N#Cc1cc2c(nc1NC1CCOC1)CCCC2. The number of aryl methyl sites for hydroxylation is 2. The number of fused-ring (bicyclic) bond motifs is 1. The van der Waals surface area contributed by atoms with E-state index >= 15 is 0 Å². The molecule has 1 aromatic heterocycles. The minimum atomic E-state index is 0.297. The summed E-state index contributed by atoms with van der Waals surface area (Å²) in [5.41, 5.74) is 3.09. The van der Waals surface area contributed by atoms with Crippen molar-refractivity contribution in [3.05, 3.63) is 22.9 Å². The summed E-state index contributed by atoms with van der Waals surface area (Å²) in [6.07, 6.45) is 5.50. The number of rotatable bonds is 2. The van der Waals surface area contributed by atoms with Gasteiger partial charge < -0.3 is 10.1 Å². The van der Waals surface area contributed by atoms with Crippen LogP contribution in [0.1, 0.15) is 36.1 Å². The van der Waals surface area contributed by atoms with Crippen LogP contribution >= 0.6 is 0 Å². The van der Waals surface area contributed by atoms with E-state index in [2.05, 4.69) is 16.4 Å². The molecule has 4 nitrogen and oxygen atoms in total. The topological polar surface area (TPSA) is 57.9 Å². The molecule has 1 fully saturated rings. The largest absolute Gasteiger partial charge is 0.379 e. The summed E-state index contributed by atoms with van der Waals surface area (Å²) in [4.78, 5) is 4.66. The van der Waals surface area contributed by atoms with Gasteiger partial charge in [-0.2, -0.15) is 5.26 Å². The fourth-order valence-electron chi connectivity index (χ4n) is 2.67. The summed E-state index contributed by atoms with van der Waals surface area (Å²) in [6.45, 7) is 1.51. The summed E-state index contributed by atoms with van der Waals surface area (Å²) in [6, 6.07) is 4.56. The lowest BCUT2D eigenvalue weighted by Crippen LogP contribution is -2.21. The minimum absolute atomic E-state index is 0.297. The highest BCUT2D eigenvalue weighted by molar-refractivity contribution is 5.55. The Morgan fingerprint density at radius 2 is 2.28 bits per heavy atom. The lowest BCUT2D eigenvalue weighted by Gasteiger charge is -2.19. The van der Waals surface area contributed by atoms with Gasteiger partial charge >= 0.3 is 0 Å². The van der Waals surface area contributed by atoms with Crippen molar-refractivity contribution in [2.45, 2.75) is 38.1 Å². The van der Waals surface area contributed by atoms with Gasteiger partial charge in [0.25, 0.3) is 0 Å². The number of nitrogens with one attached hydrogen (secondary N) is 1. The average Bonchev–Trinajstić information content (AvgIpc) is 2.91. The van der Waals surface area contributed by atoms with Crippen LogP contribution in [-0.4, -0.2) is 24.2 Å². The normalized spacial score (nSPS) is 22.3. The highest BCUT2D eigenvalue weighted by Gasteiger charge is 2.20. The molecule has 0 spiro atoms. The van der Waals surface area contributed by atoms with E-state index in [1.165, 1.54) is 24.1 Å². The second kappa shape index (κ2) is 4.95. The fourth-order valence-corrected chi connectivity index (χ4v) is 2.67. The summed E-state index contributed by atoms with van der Waals surface area (Å²) in [5, 5.41) is 12.6. The third-order valence-corrected chi connectivity index (χ3v) is 3.69. The molecule has 1 saturated heterocycles. The smallest absolute Gasteiger partial charge is 0.144 e. The van der Waals surface area contributed by atoms with Crippen molar-refractivity contribution in [3.8, 4) is 6.07 Å². The molecule has 1 atom stereocenters. The van der Waals surface area contributed by atoms with Crippen molar-refractivity contribution in [1.29, 1.82) is 5.26 Å². The maximum atomic E-state index is 9.23. The van der Waals surface area contributed by atoms with Crippen LogP contribution in [0.5, 0.6) is 0 Å². The summed E-state index contributed by atoms with van der Waals surface area (Å²) in [7, 11) is 0. The first-order chi connectivity index (χ1) is 8.86. The van der Waals surface area contributed by atoms with Crippen molar-refractivity contribution in [2.24, 2.45) is 0 Å². The molecule has 3 rings (SSSR count). The van der Waals surface area contributed by atoms with Crippen LogP contribution in [0.2, 0.25) is 0 Å². The Labute approximate surface area is 107 Å². The van der Waals surface area contributed by atoms with Crippen LogP contribution in [0, 0.1) is 11.3 Å². The first kappa shape index (κ1) is 11.5. The molecule has 94 valence electrons. The van der Waals surface area contributed by atoms with Crippen LogP contribution in [-0.2, 0) is 17.6 Å². The quantitative estimate of drug-likeness (QED) is 0.863. The van der Waals surface area contributed by atoms with E-state index in [1.807, 2.05) is 6.07 Å². The van der Waals surface area contributed by atoms with Crippen LogP contribution in [0.4, 0.5) is 5.82 Å². The number of hydrogen-bond acceptors (Lipinski definition) is 4. The van der Waals surface area contributed by atoms with Crippen molar-refractivity contribution >= 4 is 5.82 Å². The van der Waals surface area contributed by atoms with Gasteiger partial charge in [0.05, 0.1) is 18.2 Å². The molecule has 0 radical (unpaired) electrons. The standard InChI is InChI=1S/C14H17N3O/c15-8-11-7-10-3-1-2-4-13(10)17-14(11)16-12-5-6-18-9-12/h7,12H,1-6,9H2,(H,16,17). The predicted octanol–water partition coefficient (Wildman–Crippen LogP) is 2.03. The van der Waals surface area contributed by atoms with E-state index in [9.17, 15) is 5.26 Å². The van der Waals surface area contributed by atoms with Crippen molar-refractivity contribution < 1.29 is 4.74 Å². The molecule has 0 bridgehead atoms. The third kappa shape index (κ3) is 2.19. The van der Waals surface area contributed by atoms with Gasteiger partial charge in [0.1, 0.15) is 11.9 Å². The van der Waals surface area contributed by atoms with E-state index in [1.54, 1.807) is 0 Å². The Morgan fingerprint density at radius 3 is 3.06 bits per heavy atom. The maximum Gasteiger partial charge on any atom is 0.144 e. The predicted molar refractivity (Wildman–Crippen MR) is 68.4 cm³/mol. The molecule has 4 heteroatoms. The second-order valence-electron chi connectivity index (χ2n) is 5.01. The molecule has 2 aliphatic rings. The lowest BCUT2D eigenvalue weighted by molar-refractivity contribution is 0.195. The van der Waals surface area contributed by atoms with Crippen molar-refractivity contribution in [1.82, 2.24) is 4.98 Å². The van der Waals surface area contributed by atoms with E-state index in [-0.39, 0.29) is 0 Å². The van der Waals surface area contributed by atoms with Crippen LogP contribution in [0.25, 0.3) is 0 Å². The maximum absolute atomic E-state index is 9.23. The minimum Gasteiger partial charge on any atom is -0.379 e. The molecule has 1 aromatic rings. The Kier molecular flexibility index (Phi) is 3.16. The van der Waals surface area contributed by atoms with Gasteiger partial charge in [-0.1, -0.05) is 0 Å². The van der Waals surface area contributed by atoms with Crippen LogP contribution in [0.15, 0.2) is 6.07 Å². The second-order valence-corrected chi connectivity index (χ2v) is 5.01. The molecule has 1 N–H and O–H groups in total. The van der Waals surface area contributed by atoms with Gasteiger partial charge in [0.15, 0.2) is 0 Å². The zero-order valence-corrected chi connectivity index (χ0v) is 10.4. The third-order valence-electron chi connectivity index (χ3n) is 3.69. The van der Waals surface area contributed by atoms with Crippen LogP contribution in [0.3, 0.4) is 0 Å². The highest BCUT2D eigenvalue weighted by atomic mass is 16.5. The van der Waals surface area contributed by atoms with E-state index in [0.717, 1.165) is 31.7 Å². The summed E-state index contributed by atoms with van der Waals surface area (Å²) in [5.74, 6) is 0.744. The highest BCUT2D eigenvalue weighted by Crippen LogP contribution is 2.25. The van der Waals surface area contributed by atoms with Crippen molar-refractivity contribution in [2.75, 3.05) is 18.5 Å². The zero-order valence-electron chi connectivity index (χ0n) is 10.4. The molecular weight excluding hydrogens is 226 g/mol. The summed E-state index contributed by atoms with van der Waals surface area (Å²) < 4.78 is 5.34. The van der Waals surface area contributed by atoms with Gasteiger partial charge in [0.2, 0.25) is 0 Å². The Hall–Kier alpha value is -1.60. The first-order valence-electron chi connectivity index (χ1n) is 6.64. The average molecular weight is 243 g/mol. The van der Waals surface area contributed by atoms with Gasteiger partial charge in [-0.15, -0.1) is 0 Å². The van der Waals surface area contributed by atoms with Gasteiger partial charge in [0, 0.05) is 12.3 Å². The number of pyridine rings is 1. The molecular formula is C14H17N3O. The molecule has 2 heterocycles. The monoisotopic (exact) mass is 243 g/mol. The fraction of sp³-hybridized carbons (Fsp3) is 0.571. The van der Waals surface area contributed by atoms with E-state index in [0.29, 0.717) is 18.2 Å². The summed E-state index contributed by atoms with van der Waals surface area (Å²) >= 11 is 0. The van der Waals surface area contributed by atoms with Gasteiger partial charge in [-0.05, 0) is 43.7 Å². The molecule has 0 saturated carbocycles. The number of ether oxygens (including phenoxy) is 1. The first-order valence-corrected chi connectivity index (χ1v) is 6.64. The Morgan fingerprint density at radius 1 is 1.39 bits per heavy atom. The Balaban J connectivity index is 1.89. The number of aromatic nitrogens is 1. The lowest BCUT2D eigenvalue weighted by atomic mass is 9.95. The molecule has 1 unspecified atom stereocenters. The van der Waals surface area contributed by atoms with Crippen LogP contribution < -0.4 is 5.32 Å². The molecule has 18 heavy (non-hydrogen) atoms. The van der Waals surface area contributed by atoms with Gasteiger partial charge in [-0.25, -0.2) is 4.98 Å². The molecule has 0 amide bonds. The molecule has 0 aromatic carbocycles.